The highest BCUT2D eigenvalue weighted by Gasteiger charge is 2.36. The molecule has 1 saturated heterocycles. The fourth-order valence-corrected chi connectivity index (χ4v) is 4.50. The van der Waals surface area contributed by atoms with Crippen LogP contribution in [0.1, 0.15) is 18.9 Å². The van der Waals surface area contributed by atoms with E-state index in [4.69, 9.17) is 0 Å². The molecule has 1 atom stereocenters. The van der Waals surface area contributed by atoms with Crippen molar-refractivity contribution in [1.29, 1.82) is 0 Å². The Morgan fingerprint density at radius 2 is 1.74 bits per heavy atom. The number of amides is 2. The molecule has 1 unspecified atom stereocenters. The van der Waals surface area contributed by atoms with Crippen LogP contribution < -0.4 is 15.1 Å². The third-order valence-corrected chi connectivity index (χ3v) is 6.13. The zero-order valence-corrected chi connectivity index (χ0v) is 17.9. The van der Waals surface area contributed by atoms with E-state index in [1.165, 1.54) is 19.1 Å². The van der Waals surface area contributed by atoms with Crippen molar-refractivity contribution in [1.82, 2.24) is 10.2 Å². The van der Waals surface area contributed by atoms with Gasteiger partial charge in [-0.25, -0.2) is 4.39 Å². The summed E-state index contributed by atoms with van der Waals surface area (Å²) in [7, 11) is 0. The maximum absolute atomic E-state index is 13.1. The number of rotatable bonds is 6. The summed E-state index contributed by atoms with van der Waals surface area (Å²) < 4.78 is 13.1. The number of benzene rings is 2. The molecule has 4 rings (SSSR count). The van der Waals surface area contributed by atoms with Crippen molar-refractivity contribution in [3.63, 3.8) is 0 Å². The molecule has 2 aromatic rings. The molecule has 7 heteroatoms. The van der Waals surface area contributed by atoms with Gasteiger partial charge in [-0.15, -0.1) is 0 Å². The van der Waals surface area contributed by atoms with Gasteiger partial charge in [-0.2, -0.15) is 0 Å². The van der Waals surface area contributed by atoms with Crippen molar-refractivity contribution in [2.24, 2.45) is 0 Å². The Morgan fingerprint density at radius 1 is 1.03 bits per heavy atom. The number of para-hydroxylation sites is 1. The van der Waals surface area contributed by atoms with E-state index in [0.717, 1.165) is 56.1 Å². The number of carbonyl (C=O) groups is 2. The van der Waals surface area contributed by atoms with Gasteiger partial charge in [0, 0.05) is 57.4 Å². The SMILES string of the molecule is CC(=O)N1c2ccccc2CC1C(=O)NCCCN1CCN(c2ccc(F)cc2)CC1. The van der Waals surface area contributed by atoms with Crippen LogP contribution >= 0.6 is 0 Å². The predicted octanol–water partition coefficient (Wildman–Crippen LogP) is 2.43. The summed E-state index contributed by atoms with van der Waals surface area (Å²) in [6.45, 7) is 6.73. The normalized spacial score (nSPS) is 18.7. The number of fused-ring (bicyclic) bond motifs is 1. The van der Waals surface area contributed by atoms with Gasteiger partial charge >= 0.3 is 0 Å². The molecule has 31 heavy (non-hydrogen) atoms. The molecule has 2 aliphatic heterocycles. The van der Waals surface area contributed by atoms with Gasteiger partial charge in [0.1, 0.15) is 11.9 Å². The van der Waals surface area contributed by atoms with Crippen LogP contribution in [0.2, 0.25) is 0 Å². The lowest BCUT2D eigenvalue weighted by Gasteiger charge is -2.36. The van der Waals surface area contributed by atoms with Crippen molar-refractivity contribution in [2.45, 2.75) is 25.8 Å². The van der Waals surface area contributed by atoms with E-state index in [1.54, 1.807) is 4.90 Å². The molecule has 0 bridgehead atoms. The Labute approximate surface area is 182 Å². The number of piperazine rings is 1. The highest BCUT2D eigenvalue weighted by atomic mass is 19.1. The molecule has 0 aromatic heterocycles. The number of nitrogens with one attached hydrogen (secondary N) is 1. The minimum Gasteiger partial charge on any atom is -0.369 e. The quantitative estimate of drug-likeness (QED) is 0.724. The van der Waals surface area contributed by atoms with Crippen molar-refractivity contribution < 1.29 is 14.0 Å². The standard InChI is InChI=1S/C24H29FN4O2/c1-18(30)29-22-6-3-2-5-19(22)17-23(29)24(31)26-11-4-12-27-13-15-28(16-14-27)21-9-7-20(25)8-10-21/h2-3,5-10,23H,4,11-17H2,1H3,(H,26,31). The summed E-state index contributed by atoms with van der Waals surface area (Å²) in [5, 5.41) is 3.02. The monoisotopic (exact) mass is 424 g/mol. The highest BCUT2D eigenvalue weighted by molar-refractivity contribution is 6.02. The van der Waals surface area contributed by atoms with Gasteiger partial charge in [-0.3, -0.25) is 19.4 Å². The lowest BCUT2D eigenvalue weighted by atomic mass is 10.1. The zero-order chi connectivity index (χ0) is 21.8. The summed E-state index contributed by atoms with van der Waals surface area (Å²) in [5.41, 5.74) is 2.94. The highest BCUT2D eigenvalue weighted by Crippen LogP contribution is 2.32. The number of hydrogen-bond acceptors (Lipinski definition) is 4. The number of halogens is 1. The molecule has 2 aliphatic rings. The van der Waals surface area contributed by atoms with Crippen LogP contribution in [-0.2, 0) is 16.0 Å². The first-order valence-corrected chi connectivity index (χ1v) is 10.9. The van der Waals surface area contributed by atoms with Gasteiger partial charge in [-0.1, -0.05) is 18.2 Å². The minimum atomic E-state index is -0.464. The summed E-state index contributed by atoms with van der Waals surface area (Å²) in [4.78, 5) is 31.1. The fourth-order valence-electron chi connectivity index (χ4n) is 4.50. The molecule has 1 N–H and O–H groups in total. The first-order valence-electron chi connectivity index (χ1n) is 10.9. The molecule has 6 nitrogen and oxygen atoms in total. The van der Waals surface area contributed by atoms with E-state index in [-0.39, 0.29) is 17.6 Å². The number of carbonyl (C=O) groups excluding carboxylic acids is 2. The maximum Gasteiger partial charge on any atom is 0.243 e. The molecule has 0 aliphatic carbocycles. The third kappa shape index (κ3) is 4.88. The van der Waals surface area contributed by atoms with E-state index >= 15 is 0 Å². The van der Waals surface area contributed by atoms with Crippen LogP contribution in [0, 0.1) is 5.82 Å². The average Bonchev–Trinajstić information content (AvgIpc) is 3.18. The number of nitrogens with zero attached hydrogens (tertiary/aromatic N) is 3. The molecule has 1 fully saturated rings. The van der Waals surface area contributed by atoms with Gasteiger partial charge in [0.15, 0.2) is 0 Å². The van der Waals surface area contributed by atoms with Gasteiger partial charge in [0.2, 0.25) is 11.8 Å². The molecule has 2 amide bonds. The van der Waals surface area contributed by atoms with Gasteiger partial charge in [0.05, 0.1) is 0 Å². The second kappa shape index (κ2) is 9.47. The molecule has 0 radical (unpaired) electrons. The maximum atomic E-state index is 13.1. The van der Waals surface area contributed by atoms with Crippen molar-refractivity contribution in [3.05, 3.63) is 59.9 Å². The molecule has 0 saturated carbocycles. The molecule has 0 spiro atoms. The lowest BCUT2D eigenvalue weighted by Crippen LogP contribution is -2.48. The topological polar surface area (TPSA) is 55.9 Å². The Morgan fingerprint density at radius 3 is 2.45 bits per heavy atom. The first kappa shape index (κ1) is 21.3. The average molecular weight is 425 g/mol. The van der Waals surface area contributed by atoms with Crippen molar-refractivity contribution in [3.8, 4) is 0 Å². The second-order valence-electron chi connectivity index (χ2n) is 8.19. The molecule has 164 valence electrons. The van der Waals surface area contributed by atoms with Gasteiger partial charge in [-0.05, 0) is 48.9 Å². The largest absolute Gasteiger partial charge is 0.369 e. The number of hydrogen-bond donors (Lipinski definition) is 1. The Bertz CT molecular complexity index is 925. The summed E-state index contributed by atoms with van der Waals surface area (Å²) in [6.07, 6.45) is 1.43. The summed E-state index contributed by atoms with van der Waals surface area (Å²) in [6, 6.07) is 13.9. The van der Waals surface area contributed by atoms with Gasteiger partial charge < -0.3 is 10.2 Å². The van der Waals surface area contributed by atoms with Crippen LogP contribution in [0.4, 0.5) is 15.8 Å². The summed E-state index contributed by atoms with van der Waals surface area (Å²) in [5.74, 6) is -0.408. The molecule has 2 heterocycles. The van der Waals surface area contributed by atoms with Crippen LogP contribution in [0.3, 0.4) is 0 Å². The predicted molar refractivity (Wildman–Crippen MR) is 120 cm³/mol. The van der Waals surface area contributed by atoms with E-state index in [9.17, 15) is 14.0 Å². The van der Waals surface area contributed by atoms with Crippen LogP contribution in [0.25, 0.3) is 0 Å². The Hall–Kier alpha value is -2.93. The zero-order valence-electron chi connectivity index (χ0n) is 17.9. The van der Waals surface area contributed by atoms with Gasteiger partial charge in [0.25, 0.3) is 0 Å². The first-order chi connectivity index (χ1) is 15.0. The van der Waals surface area contributed by atoms with Crippen molar-refractivity contribution in [2.75, 3.05) is 49.1 Å². The van der Waals surface area contributed by atoms with Crippen molar-refractivity contribution >= 4 is 23.2 Å². The van der Waals surface area contributed by atoms with E-state index < -0.39 is 6.04 Å². The number of anilines is 2. The minimum absolute atomic E-state index is 0.0903. The van der Waals surface area contributed by atoms with E-state index in [1.807, 2.05) is 36.4 Å². The second-order valence-corrected chi connectivity index (χ2v) is 8.19. The smallest absolute Gasteiger partial charge is 0.243 e. The molecular formula is C24H29FN4O2. The summed E-state index contributed by atoms with van der Waals surface area (Å²) >= 11 is 0. The Kier molecular flexibility index (Phi) is 6.51. The van der Waals surface area contributed by atoms with Crippen LogP contribution in [0.15, 0.2) is 48.5 Å². The fraction of sp³-hybridized carbons (Fsp3) is 0.417. The lowest BCUT2D eigenvalue weighted by molar-refractivity contribution is -0.125. The van der Waals surface area contributed by atoms with Crippen LogP contribution in [-0.4, -0.2) is 62.0 Å². The molecule has 2 aromatic carbocycles. The Balaban J connectivity index is 1.20. The van der Waals surface area contributed by atoms with E-state index in [0.29, 0.717) is 13.0 Å². The third-order valence-electron chi connectivity index (χ3n) is 6.13. The molecular weight excluding hydrogens is 395 g/mol. The van der Waals surface area contributed by atoms with E-state index in [2.05, 4.69) is 15.1 Å². The van der Waals surface area contributed by atoms with Crippen LogP contribution in [0.5, 0.6) is 0 Å².